The molecule has 0 radical (unpaired) electrons. The number of rotatable bonds is 4. The van der Waals surface area contributed by atoms with Crippen molar-refractivity contribution in [2.45, 2.75) is 24.1 Å². The minimum atomic E-state index is -0.497. The van der Waals surface area contributed by atoms with Crippen LogP contribution in [-0.4, -0.2) is 22.2 Å². The third kappa shape index (κ3) is 3.76. The Kier molecular flexibility index (Phi) is 4.52. The molecule has 1 fully saturated rings. The molecule has 19 heavy (non-hydrogen) atoms. The topological polar surface area (TPSA) is 72.2 Å². The Hall–Kier alpha value is -1.43. The Bertz CT molecular complexity index is 493. The van der Waals surface area contributed by atoms with Gasteiger partial charge in [-0.15, -0.1) is 0 Å². The van der Waals surface area contributed by atoms with Crippen molar-refractivity contribution in [2.75, 3.05) is 6.54 Å². The maximum Gasteiger partial charge on any atom is 0.270 e. The average Bonchev–Trinajstić information content (AvgIpc) is 2.82. The molecule has 0 spiro atoms. The second kappa shape index (κ2) is 6.14. The van der Waals surface area contributed by atoms with E-state index in [1.165, 1.54) is 18.2 Å². The van der Waals surface area contributed by atoms with Gasteiger partial charge < -0.3 is 5.32 Å². The first kappa shape index (κ1) is 14.0. The van der Waals surface area contributed by atoms with E-state index in [2.05, 4.69) is 21.2 Å². The van der Waals surface area contributed by atoms with E-state index in [1.54, 1.807) is 6.07 Å². The zero-order chi connectivity index (χ0) is 13.8. The van der Waals surface area contributed by atoms with Gasteiger partial charge >= 0.3 is 0 Å². The lowest BCUT2D eigenvalue weighted by Crippen LogP contribution is -2.28. The molecule has 0 aromatic heterocycles. The third-order valence-corrected chi connectivity index (χ3v) is 4.18. The van der Waals surface area contributed by atoms with E-state index < -0.39 is 4.92 Å². The minimum absolute atomic E-state index is 0.0611. The van der Waals surface area contributed by atoms with E-state index in [4.69, 9.17) is 0 Å². The van der Waals surface area contributed by atoms with E-state index in [0.717, 1.165) is 19.3 Å². The molecule has 0 saturated heterocycles. The predicted octanol–water partition coefficient (Wildman–Crippen LogP) is 2.89. The quantitative estimate of drug-likeness (QED) is 0.525. The van der Waals surface area contributed by atoms with E-state index in [9.17, 15) is 14.9 Å². The molecule has 0 heterocycles. The molecule has 2 rings (SSSR count). The Morgan fingerprint density at radius 1 is 1.47 bits per heavy atom. The third-order valence-electron chi connectivity index (χ3n) is 3.35. The molecule has 2 unspecified atom stereocenters. The number of carbonyl (C=O) groups excluding carboxylic acids is 1. The first-order chi connectivity index (χ1) is 9.06. The fourth-order valence-corrected chi connectivity index (χ4v) is 3.09. The number of carbonyl (C=O) groups is 1. The van der Waals surface area contributed by atoms with Gasteiger partial charge in [0.1, 0.15) is 0 Å². The highest BCUT2D eigenvalue weighted by Crippen LogP contribution is 2.30. The van der Waals surface area contributed by atoms with Crippen LogP contribution in [0, 0.1) is 16.0 Å². The Morgan fingerprint density at radius 2 is 2.26 bits per heavy atom. The number of nitro benzene ring substituents is 1. The van der Waals surface area contributed by atoms with Crippen LogP contribution in [0.5, 0.6) is 0 Å². The summed E-state index contributed by atoms with van der Waals surface area (Å²) in [5.74, 6) is 0.244. The van der Waals surface area contributed by atoms with E-state index in [-0.39, 0.29) is 11.6 Å². The van der Waals surface area contributed by atoms with Gasteiger partial charge in [0.15, 0.2) is 0 Å². The standard InChI is InChI=1S/C13H15BrN2O3/c14-11-5-4-9(6-11)8-15-13(17)10-2-1-3-12(7-10)16(18)19/h1-3,7,9,11H,4-6,8H2,(H,15,17). The van der Waals surface area contributed by atoms with Crippen molar-refractivity contribution in [1.29, 1.82) is 0 Å². The van der Waals surface area contributed by atoms with Crippen molar-refractivity contribution in [3.8, 4) is 0 Å². The largest absolute Gasteiger partial charge is 0.352 e. The van der Waals surface area contributed by atoms with Gasteiger partial charge in [-0.05, 0) is 31.2 Å². The molecule has 6 heteroatoms. The number of hydrogen-bond donors (Lipinski definition) is 1. The fraction of sp³-hybridized carbons (Fsp3) is 0.462. The van der Waals surface area contributed by atoms with Gasteiger partial charge in [-0.1, -0.05) is 22.0 Å². The predicted molar refractivity (Wildman–Crippen MR) is 75.5 cm³/mol. The summed E-state index contributed by atoms with van der Waals surface area (Å²) in [4.78, 5) is 22.6. The van der Waals surface area contributed by atoms with Gasteiger partial charge in [-0.2, -0.15) is 0 Å². The van der Waals surface area contributed by atoms with Gasteiger partial charge in [0, 0.05) is 29.1 Å². The van der Waals surface area contributed by atoms with Gasteiger partial charge in [-0.25, -0.2) is 0 Å². The Balaban J connectivity index is 1.92. The lowest BCUT2D eigenvalue weighted by molar-refractivity contribution is -0.384. The first-order valence-electron chi connectivity index (χ1n) is 6.23. The summed E-state index contributed by atoms with van der Waals surface area (Å²) in [7, 11) is 0. The highest BCUT2D eigenvalue weighted by Gasteiger charge is 2.23. The number of nitro groups is 1. The number of amides is 1. The summed E-state index contributed by atoms with van der Waals surface area (Å²) in [6.07, 6.45) is 3.30. The van der Waals surface area contributed by atoms with Gasteiger partial charge in [0.25, 0.3) is 11.6 Å². The molecule has 1 saturated carbocycles. The van der Waals surface area contributed by atoms with Gasteiger partial charge in [-0.3, -0.25) is 14.9 Å². The van der Waals surface area contributed by atoms with Crippen molar-refractivity contribution >= 4 is 27.5 Å². The molecule has 1 aliphatic carbocycles. The molecule has 1 aromatic rings. The maximum absolute atomic E-state index is 11.9. The summed E-state index contributed by atoms with van der Waals surface area (Å²) in [6, 6.07) is 5.79. The summed E-state index contributed by atoms with van der Waals surface area (Å²) >= 11 is 3.57. The second-order valence-electron chi connectivity index (χ2n) is 4.79. The van der Waals surface area contributed by atoms with Crippen molar-refractivity contribution in [1.82, 2.24) is 5.32 Å². The Labute approximate surface area is 119 Å². The fourth-order valence-electron chi connectivity index (χ4n) is 2.30. The lowest BCUT2D eigenvalue weighted by atomic mass is 10.1. The first-order valence-corrected chi connectivity index (χ1v) is 7.14. The number of nitrogens with one attached hydrogen (secondary N) is 1. The number of hydrogen-bond acceptors (Lipinski definition) is 3. The smallest absolute Gasteiger partial charge is 0.270 e. The average molecular weight is 327 g/mol. The van der Waals surface area contributed by atoms with Crippen molar-refractivity contribution in [3.63, 3.8) is 0 Å². The lowest BCUT2D eigenvalue weighted by Gasteiger charge is -2.10. The minimum Gasteiger partial charge on any atom is -0.352 e. The van der Waals surface area contributed by atoms with Crippen LogP contribution in [0.3, 0.4) is 0 Å². The monoisotopic (exact) mass is 326 g/mol. The summed E-state index contributed by atoms with van der Waals surface area (Å²) in [5.41, 5.74) is 0.275. The molecule has 102 valence electrons. The van der Waals surface area contributed by atoms with E-state index >= 15 is 0 Å². The van der Waals surface area contributed by atoms with Crippen LogP contribution in [0.2, 0.25) is 0 Å². The van der Waals surface area contributed by atoms with Gasteiger partial charge in [0.2, 0.25) is 0 Å². The zero-order valence-electron chi connectivity index (χ0n) is 10.3. The molecule has 2 atom stereocenters. The zero-order valence-corrected chi connectivity index (χ0v) is 11.9. The molecular formula is C13H15BrN2O3. The van der Waals surface area contributed by atoms with Crippen LogP contribution in [0.25, 0.3) is 0 Å². The number of alkyl halides is 1. The maximum atomic E-state index is 11.9. The van der Waals surface area contributed by atoms with Crippen LogP contribution < -0.4 is 5.32 Å². The SMILES string of the molecule is O=C(NCC1CCC(Br)C1)c1cccc([N+](=O)[O-])c1. The Morgan fingerprint density at radius 3 is 2.89 bits per heavy atom. The number of non-ortho nitro benzene ring substituents is 1. The highest BCUT2D eigenvalue weighted by molar-refractivity contribution is 9.09. The number of nitrogens with zero attached hydrogens (tertiary/aromatic N) is 1. The molecule has 1 aromatic carbocycles. The summed E-state index contributed by atoms with van der Waals surface area (Å²) in [5, 5.41) is 13.5. The van der Waals surface area contributed by atoms with Crippen molar-refractivity contribution < 1.29 is 9.72 Å². The number of halogens is 1. The summed E-state index contributed by atoms with van der Waals surface area (Å²) < 4.78 is 0. The summed E-state index contributed by atoms with van der Waals surface area (Å²) in [6.45, 7) is 0.629. The van der Waals surface area contributed by atoms with Crippen LogP contribution in [-0.2, 0) is 0 Å². The number of benzene rings is 1. The molecule has 1 amide bonds. The van der Waals surface area contributed by atoms with Gasteiger partial charge in [0.05, 0.1) is 4.92 Å². The second-order valence-corrected chi connectivity index (χ2v) is 6.09. The van der Waals surface area contributed by atoms with Crippen LogP contribution in [0.1, 0.15) is 29.6 Å². The normalized spacial score (nSPS) is 22.2. The van der Waals surface area contributed by atoms with Crippen LogP contribution >= 0.6 is 15.9 Å². The van der Waals surface area contributed by atoms with E-state index in [1.807, 2.05) is 0 Å². The molecule has 1 N–H and O–H groups in total. The molecule has 0 bridgehead atoms. The van der Waals surface area contributed by atoms with Crippen LogP contribution in [0.15, 0.2) is 24.3 Å². The van der Waals surface area contributed by atoms with E-state index in [0.29, 0.717) is 22.9 Å². The van der Waals surface area contributed by atoms with Crippen molar-refractivity contribution in [2.24, 2.45) is 5.92 Å². The van der Waals surface area contributed by atoms with Crippen LogP contribution in [0.4, 0.5) is 5.69 Å². The molecular weight excluding hydrogens is 312 g/mol. The molecule has 5 nitrogen and oxygen atoms in total. The molecule has 1 aliphatic rings. The van der Waals surface area contributed by atoms with Crippen molar-refractivity contribution in [3.05, 3.63) is 39.9 Å². The highest BCUT2D eigenvalue weighted by atomic mass is 79.9. The molecule has 0 aliphatic heterocycles.